The number of phenols is 1. The number of nitrogens with one attached hydrogen (secondary N) is 1. The third kappa shape index (κ3) is 1.64. The van der Waals surface area contributed by atoms with Gasteiger partial charge in [0.2, 0.25) is 5.91 Å². The molecule has 1 amide bonds. The van der Waals surface area contributed by atoms with Crippen molar-refractivity contribution in [1.29, 1.82) is 0 Å². The minimum absolute atomic E-state index is 0.108. The summed E-state index contributed by atoms with van der Waals surface area (Å²) in [4.78, 5) is 11.6. The maximum absolute atomic E-state index is 11.6. The number of rotatable bonds is 0. The molecule has 0 aromatic heterocycles. The molecule has 0 saturated carbocycles. The third-order valence-electron chi connectivity index (χ3n) is 3.65. The fourth-order valence-electron chi connectivity index (χ4n) is 2.83. The molecule has 90 valence electrons. The lowest BCUT2D eigenvalue weighted by Gasteiger charge is -2.42. The van der Waals surface area contributed by atoms with Crippen LogP contribution in [0, 0.1) is 0 Å². The Morgan fingerprint density at radius 3 is 3.06 bits per heavy atom. The first-order chi connectivity index (χ1) is 8.20. The van der Waals surface area contributed by atoms with Crippen molar-refractivity contribution in [3.63, 3.8) is 0 Å². The highest BCUT2D eigenvalue weighted by Crippen LogP contribution is 2.43. The van der Waals surface area contributed by atoms with Gasteiger partial charge in [0.1, 0.15) is 11.5 Å². The van der Waals surface area contributed by atoms with Crippen LogP contribution in [0.3, 0.4) is 0 Å². The highest BCUT2D eigenvalue weighted by atomic mass is 16.5. The predicted molar refractivity (Wildman–Crippen MR) is 61.9 cm³/mol. The zero-order valence-electron chi connectivity index (χ0n) is 9.53. The van der Waals surface area contributed by atoms with Gasteiger partial charge in [0.25, 0.3) is 0 Å². The van der Waals surface area contributed by atoms with E-state index in [0.717, 1.165) is 24.8 Å². The highest BCUT2D eigenvalue weighted by Gasteiger charge is 2.40. The summed E-state index contributed by atoms with van der Waals surface area (Å²) in [5, 5.41) is 12.6. The van der Waals surface area contributed by atoms with Gasteiger partial charge < -0.3 is 15.2 Å². The molecule has 1 spiro atoms. The average molecular weight is 233 g/mol. The molecule has 1 atom stereocenters. The summed E-state index contributed by atoms with van der Waals surface area (Å²) in [7, 11) is 0. The first-order valence-corrected chi connectivity index (χ1v) is 5.97. The fraction of sp³-hybridized carbons (Fsp3) is 0.462. The number of benzene rings is 1. The van der Waals surface area contributed by atoms with Crippen LogP contribution < -0.4 is 10.1 Å². The largest absolute Gasteiger partial charge is 0.508 e. The van der Waals surface area contributed by atoms with Gasteiger partial charge in [-0.15, -0.1) is 0 Å². The van der Waals surface area contributed by atoms with Crippen LogP contribution in [0.25, 0.3) is 0 Å². The maximum atomic E-state index is 11.6. The topological polar surface area (TPSA) is 58.6 Å². The molecule has 0 bridgehead atoms. The normalized spacial score (nSPS) is 27.2. The molecule has 0 radical (unpaired) electrons. The van der Waals surface area contributed by atoms with Crippen LogP contribution in [-0.2, 0) is 10.3 Å². The van der Waals surface area contributed by atoms with Crippen LogP contribution in [0.4, 0.5) is 0 Å². The molecule has 1 aromatic carbocycles. The van der Waals surface area contributed by atoms with Crippen LogP contribution in [0.15, 0.2) is 18.2 Å². The van der Waals surface area contributed by atoms with E-state index >= 15 is 0 Å². The number of hydrogen-bond donors (Lipinski definition) is 2. The lowest BCUT2D eigenvalue weighted by atomic mass is 9.78. The van der Waals surface area contributed by atoms with E-state index in [2.05, 4.69) is 5.32 Å². The zero-order valence-corrected chi connectivity index (χ0v) is 9.53. The second kappa shape index (κ2) is 3.65. The number of carbonyl (C=O) groups is 1. The zero-order chi connectivity index (χ0) is 11.9. The lowest BCUT2D eigenvalue weighted by molar-refractivity contribution is -0.125. The molecule has 1 fully saturated rings. The Morgan fingerprint density at radius 1 is 1.35 bits per heavy atom. The quantitative estimate of drug-likeness (QED) is 0.716. The molecule has 2 N–H and O–H groups in total. The van der Waals surface area contributed by atoms with Crippen LogP contribution >= 0.6 is 0 Å². The van der Waals surface area contributed by atoms with E-state index in [-0.39, 0.29) is 17.2 Å². The Labute approximate surface area is 99.6 Å². The van der Waals surface area contributed by atoms with Crippen LogP contribution in [-0.4, -0.2) is 17.6 Å². The van der Waals surface area contributed by atoms with Crippen LogP contribution in [0.2, 0.25) is 0 Å². The minimum atomic E-state index is -0.281. The van der Waals surface area contributed by atoms with E-state index < -0.39 is 0 Å². The standard InChI is InChI=1S/C13H15NO3/c15-9-3-4-10-11(8-9)17-7-6-13(10)5-1-2-12(16)14-13/h3-4,8,15H,1-2,5-7H2,(H,14,16). The summed E-state index contributed by atoms with van der Waals surface area (Å²) in [6.07, 6.45) is 3.26. The van der Waals surface area contributed by atoms with Crippen molar-refractivity contribution in [3.8, 4) is 11.5 Å². The van der Waals surface area contributed by atoms with Crippen molar-refractivity contribution in [2.24, 2.45) is 0 Å². The number of phenolic OH excluding ortho intramolecular Hbond substituents is 1. The summed E-state index contributed by atoms with van der Waals surface area (Å²) >= 11 is 0. The molecule has 17 heavy (non-hydrogen) atoms. The first kappa shape index (κ1) is 10.4. The second-order valence-electron chi connectivity index (χ2n) is 4.76. The van der Waals surface area contributed by atoms with E-state index in [1.807, 2.05) is 6.07 Å². The van der Waals surface area contributed by atoms with Gasteiger partial charge in [0.15, 0.2) is 0 Å². The van der Waals surface area contributed by atoms with Crippen molar-refractivity contribution >= 4 is 5.91 Å². The molecule has 4 heteroatoms. The molecule has 0 aliphatic carbocycles. The Hall–Kier alpha value is -1.71. The molecule has 3 rings (SSSR count). The fourth-order valence-corrected chi connectivity index (χ4v) is 2.83. The number of aromatic hydroxyl groups is 1. The monoisotopic (exact) mass is 233 g/mol. The van der Waals surface area contributed by atoms with E-state index in [9.17, 15) is 9.90 Å². The van der Waals surface area contributed by atoms with Gasteiger partial charge in [-0.1, -0.05) is 0 Å². The van der Waals surface area contributed by atoms with Gasteiger partial charge >= 0.3 is 0 Å². The van der Waals surface area contributed by atoms with Crippen LogP contribution in [0.1, 0.15) is 31.2 Å². The molecule has 2 heterocycles. The van der Waals surface area contributed by atoms with Gasteiger partial charge in [-0.2, -0.15) is 0 Å². The third-order valence-corrected chi connectivity index (χ3v) is 3.65. The molecule has 1 unspecified atom stereocenters. The number of piperidine rings is 1. The predicted octanol–water partition coefficient (Wildman–Crippen LogP) is 1.67. The molecule has 4 nitrogen and oxygen atoms in total. The average Bonchev–Trinajstić information content (AvgIpc) is 2.28. The van der Waals surface area contributed by atoms with Crippen molar-refractivity contribution in [2.75, 3.05) is 6.61 Å². The second-order valence-corrected chi connectivity index (χ2v) is 4.76. The number of amides is 1. The number of hydrogen-bond acceptors (Lipinski definition) is 3. The summed E-state index contributed by atoms with van der Waals surface area (Å²) in [6, 6.07) is 5.13. The van der Waals surface area contributed by atoms with E-state index in [1.165, 1.54) is 0 Å². The van der Waals surface area contributed by atoms with Crippen molar-refractivity contribution in [2.45, 2.75) is 31.2 Å². The van der Waals surface area contributed by atoms with E-state index in [1.54, 1.807) is 12.1 Å². The number of carbonyl (C=O) groups excluding carboxylic acids is 1. The molecular formula is C13H15NO3. The number of ether oxygens (including phenoxy) is 1. The van der Waals surface area contributed by atoms with Gasteiger partial charge in [-0.3, -0.25) is 4.79 Å². The molecule has 1 aromatic rings. The maximum Gasteiger partial charge on any atom is 0.220 e. The van der Waals surface area contributed by atoms with Crippen LogP contribution in [0.5, 0.6) is 11.5 Å². The first-order valence-electron chi connectivity index (χ1n) is 5.97. The Morgan fingerprint density at radius 2 is 2.24 bits per heavy atom. The van der Waals surface area contributed by atoms with E-state index in [4.69, 9.17) is 4.74 Å². The molecule has 1 saturated heterocycles. The van der Waals surface area contributed by atoms with Crippen molar-refractivity contribution in [3.05, 3.63) is 23.8 Å². The molecular weight excluding hydrogens is 218 g/mol. The molecule has 2 aliphatic rings. The lowest BCUT2D eigenvalue weighted by Crippen LogP contribution is -2.51. The van der Waals surface area contributed by atoms with Crippen molar-refractivity contribution in [1.82, 2.24) is 5.32 Å². The summed E-state index contributed by atoms with van der Waals surface area (Å²) in [6.45, 7) is 0.580. The van der Waals surface area contributed by atoms with Gasteiger partial charge in [0.05, 0.1) is 12.1 Å². The summed E-state index contributed by atoms with van der Waals surface area (Å²) < 4.78 is 5.56. The highest BCUT2D eigenvalue weighted by molar-refractivity contribution is 5.78. The Kier molecular flexibility index (Phi) is 2.24. The van der Waals surface area contributed by atoms with Gasteiger partial charge in [0, 0.05) is 24.5 Å². The van der Waals surface area contributed by atoms with Crippen molar-refractivity contribution < 1.29 is 14.6 Å². The number of fused-ring (bicyclic) bond motifs is 2. The summed E-state index contributed by atoms with van der Waals surface area (Å²) in [5.41, 5.74) is 0.714. The smallest absolute Gasteiger partial charge is 0.220 e. The van der Waals surface area contributed by atoms with E-state index in [0.29, 0.717) is 18.8 Å². The van der Waals surface area contributed by atoms with Gasteiger partial charge in [-0.05, 0) is 25.0 Å². The summed E-state index contributed by atoms with van der Waals surface area (Å²) in [5.74, 6) is 0.999. The Balaban J connectivity index is 2.06. The SMILES string of the molecule is O=C1CCCC2(CCOc3cc(O)ccc32)N1. The molecule has 2 aliphatic heterocycles. The van der Waals surface area contributed by atoms with Gasteiger partial charge in [-0.25, -0.2) is 0 Å². The minimum Gasteiger partial charge on any atom is -0.508 e. The Bertz CT molecular complexity index is 472.